The molecule has 0 bridgehead atoms. The number of piperidine rings is 2. The van der Waals surface area contributed by atoms with Crippen molar-refractivity contribution in [1.82, 2.24) is 14.5 Å². The van der Waals surface area contributed by atoms with Crippen molar-refractivity contribution >= 4 is 15.9 Å². The summed E-state index contributed by atoms with van der Waals surface area (Å²) in [5.74, 6) is 0.577. The second-order valence-corrected chi connectivity index (χ2v) is 10.5. The fourth-order valence-electron chi connectivity index (χ4n) is 4.71. The van der Waals surface area contributed by atoms with Gasteiger partial charge in [0.05, 0.1) is 12.0 Å². The topological polar surface area (TPSA) is 79.0 Å². The second-order valence-electron chi connectivity index (χ2n) is 8.59. The summed E-state index contributed by atoms with van der Waals surface area (Å²) in [4.78, 5) is 15.4. The summed E-state index contributed by atoms with van der Waals surface area (Å²) in [5.41, 5.74) is 0. The monoisotopic (exact) mass is 451 g/mol. The van der Waals surface area contributed by atoms with E-state index >= 15 is 0 Å². The van der Waals surface area contributed by atoms with Gasteiger partial charge < -0.3 is 15.0 Å². The van der Waals surface area contributed by atoms with E-state index in [-0.39, 0.29) is 16.7 Å². The summed E-state index contributed by atoms with van der Waals surface area (Å²) >= 11 is 0. The Balaban J connectivity index is 1.41. The second kappa shape index (κ2) is 11.3. The maximum Gasteiger partial charge on any atom is 0.243 e. The van der Waals surface area contributed by atoms with E-state index in [9.17, 15) is 13.2 Å². The van der Waals surface area contributed by atoms with Crippen LogP contribution in [0.25, 0.3) is 0 Å². The smallest absolute Gasteiger partial charge is 0.243 e. The lowest BCUT2D eigenvalue weighted by atomic mass is 9.97. The first-order chi connectivity index (χ1) is 15.0. The number of likely N-dealkylation sites (tertiary alicyclic amines) is 1. The summed E-state index contributed by atoms with van der Waals surface area (Å²) < 4.78 is 32.3. The van der Waals surface area contributed by atoms with Gasteiger partial charge in [-0.2, -0.15) is 4.31 Å². The molecule has 2 heterocycles. The molecule has 2 saturated heterocycles. The molecule has 2 fully saturated rings. The number of nitrogens with zero attached hydrogens (tertiary/aromatic N) is 2. The van der Waals surface area contributed by atoms with Crippen molar-refractivity contribution in [1.29, 1.82) is 0 Å². The van der Waals surface area contributed by atoms with Gasteiger partial charge in [-0.3, -0.25) is 4.79 Å². The Kier molecular flexibility index (Phi) is 8.75. The van der Waals surface area contributed by atoms with Crippen LogP contribution in [0, 0.1) is 5.92 Å². The molecule has 174 valence electrons. The Morgan fingerprint density at radius 2 is 1.81 bits per heavy atom. The minimum absolute atomic E-state index is 0.0622. The molecule has 0 radical (unpaired) electrons. The van der Waals surface area contributed by atoms with E-state index in [1.54, 1.807) is 31.4 Å². The first-order valence-corrected chi connectivity index (χ1v) is 13.1. The summed E-state index contributed by atoms with van der Waals surface area (Å²) in [6, 6.07) is 7.14. The zero-order valence-electron chi connectivity index (χ0n) is 18.9. The van der Waals surface area contributed by atoms with Gasteiger partial charge in [0.25, 0.3) is 0 Å². The number of benzene rings is 1. The van der Waals surface area contributed by atoms with E-state index in [1.165, 1.54) is 36.5 Å². The first-order valence-electron chi connectivity index (χ1n) is 11.6. The van der Waals surface area contributed by atoms with Crippen LogP contribution in [0.1, 0.15) is 51.9 Å². The van der Waals surface area contributed by atoms with Crippen molar-refractivity contribution in [2.24, 2.45) is 5.92 Å². The van der Waals surface area contributed by atoms with Gasteiger partial charge in [0, 0.05) is 38.1 Å². The molecule has 0 aromatic heterocycles. The third-order valence-corrected chi connectivity index (χ3v) is 8.58. The Labute approximate surface area is 187 Å². The quantitative estimate of drug-likeness (QED) is 0.584. The highest BCUT2D eigenvalue weighted by Crippen LogP contribution is 2.25. The highest BCUT2D eigenvalue weighted by molar-refractivity contribution is 7.89. The van der Waals surface area contributed by atoms with E-state index in [4.69, 9.17) is 4.74 Å². The maximum absolute atomic E-state index is 12.9. The summed E-state index contributed by atoms with van der Waals surface area (Å²) in [7, 11) is -1.99. The molecule has 2 aliphatic rings. The molecule has 1 aromatic rings. The Hall–Kier alpha value is -1.64. The van der Waals surface area contributed by atoms with Gasteiger partial charge in [0.15, 0.2) is 0 Å². The number of ether oxygens (including phenoxy) is 1. The predicted molar refractivity (Wildman–Crippen MR) is 122 cm³/mol. The number of hydrogen-bond donors (Lipinski definition) is 1. The number of rotatable bonds is 9. The fourth-order valence-corrected chi connectivity index (χ4v) is 6.18. The van der Waals surface area contributed by atoms with Gasteiger partial charge in [-0.05, 0) is 69.3 Å². The van der Waals surface area contributed by atoms with Crippen molar-refractivity contribution in [2.45, 2.75) is 62.8 Å². The van der Waals surface area contributed by atoms with Gasteiger partial charge in [0.2, 0.25) is 15.9 Å². The summed E-state index contributed by atoms with van der Waals surface area (Å²) in [5, 5.41) is 3.08. The Bertz CT molecular complexity index is 805. The predicted octanol–water partition coefficient (Wildman–Crippen LogP) is 2.87. The van der Waals surface area contributed by atoms with Gasteiger partial charge in [-0.25, -0.2) is 8.42 Å². The van der Waals surface area contributed by atoms with Crippen molar-refractivity contribution in [3.8, 4) is 5.75 Å². The standard InChI is InChI=1S/C23H37N3O4S/c1-3-20-7-4-5-15-25(20)16-6-14-24-23(27)19-12-17-26(18-13-19)31(28,29)22-10-8-21(30-2)9-11-22/h8-11,19-20H,3-7,12-18H2,1-2H3,(H,24,27)/t20-/m1/s1. The minimum Gasteiger partial charge on any atom is -0.497 e. The summed E-state index contributed by atoms with van der Waals surface area (Å²) in [6.45, 7) is 5.91. The lowest BCUT2D eigenvalue weighted by Crippen LogP contribution is -2.44. The van der Waals surface area contributed by atoms with Gasteiger partial charge in [-0.15, -0.1) is 0 Å². The molecule has 1 aromatic carbocycles. The van der Waals surface area contributed by atoms with Crippen LogP contribution in [0.4, 0.5) is 0 Å². The van der Waals surface area contributed by atoms with Crippen molar-refractivity contribution in [3.63, 3.8) is 0 Å². The maximum atomic E-state index is 12.9. The number of nitrogens with one attached hydrogen (secondary N) is 1. The number of hydrogen-bond acceptors (Lipinski definition) is 5. The third-order valence-electron chi connectivity index (χ3n) is 6.66. The molecule has 31 heavy (non-hydrogen) atoms. The molecule has 8 heteroatoms. The molecule has 2 aliphatic heterocycles. The Morgan fingerprint density at radius 3 is 2.45 bits per heavy atom. The number of methoxy groups -OCH3 is 1. The van der Waals surface area contributed by atoms with E-state index in [1.807, 2.05) is 0 Å². The number of carbonyl (C=O) groups excluding carboxylic acids is 1. The van der Waals surface area contributed by atoms with Crippen LogP contribution in [0.2, 0.25) is 0 Å². The molecule has 7 nitrogen and oxygen atoms in total. The lowest BCUT2D eigenvalue weighted by Gasteiger charge is -2.35. The van der Waals surface area contributed by atoms with E-state index in [0.29, 0.717) is 44.3 Å². The number of sulfonamides is 1. The van der Waals surface area contributed by atoms with Gasteiger partial charge in [-0.1, -0.05) is 13.3 Å². The van der Waals surface area contributed by atoms with E-state index in [2.05, 4.69) is 17.1 Å². The van der Waals surface area contributed by atoms with Crippen LogP contribution in [-0.4, -0.2) is 69.4 Å². The number of carbonyl (C=O) groups is 1. The largest absolute Gasteiger partial charge is 0.497 e. The molecule has 0 aliphatic carbocycles. The molecule has 1 N–H and O–H groups in total. The zero-order chi connectivity index (χ0) is 22.3. The van der Waals surface area contributed by atoms with Crippen LogP contribution in [0.3, 0.4) is 0 Å². The van der Waals surface area contributed by atoms with Gasteiger partial charge in [0.1, 0.15) is 5.75 Å². The number of amides is 1. The molecular weight excluding hydrogens is 414 g/mol. The summed E-state index contributed by atoms with van der Waals surface area (Å²) in [6.07, 6.45) is 7.19. The SMILES string of the molecule is CC[C@@H]1CCCCN1CCCNC(=O)C1CCN(S(=O)(=O)c2ccc(OC)cc2)CC1. The Morgan fingerprint density at radius 1 is 1.10 bits per heavy atom. The highest BCUT2D eigenvalue weighted by atomic mass is 32.2. The van der Waals surface area contributed by atoms with Crippen LogP contribution in [-0.2, 0) is 14.8 Å². The normalized spacial score (nSPS) is 21.7. The van der Waals surface area contributed by atoms with E-state index < -0.39 is 10.0 Å². The molecule has 3 rings (SSSR count). The lowest BCUT2D eigenvalue weighted by molar-refractivity contribution is -0.126. The molecule has 0 spiro atoms. The minimum atomic E-state index is -3.54. The average Bonchev–Trinajstić information content (AvgIpc) is 2.82. The molecule has 1 amide bonds. The van der Waals surface area contributed by atoms with Crippen molar-refractivity contribution in [3.05, 3.63) is 24.3 Å². The molecule has 1 atom stereocenters. The van der Waals surface area contributed by atoms with Crippen LogP contribution >= 0.6 is 0 Å². The molecule has 0 saturated carbocycles. The van der Waals surface area contributed by atoms with Crippen LogP contribution in [0.15, 0.2) is 29.2 Å². The zero-order valence-corrected chi connectivity index (χ0v) is 19.7. The third kappa shape index (κ3) is 6.20. The van der Waals surface area contributed by atoms with Crippen molar-refractivity contribution in [2.75, 3.05) is 39.8 Å². The van der Waals surface area contributed by atoms with Gasteiger partial charge >= 0.3 is 0 Å². The van der Waals surface area contributed by atoms with E-state index in [0.717, 1.165) is 13.0 Å². The molecule has 0 unspecified atom stereocenters. The van der Waals surface area contributed by atoms with Crippen LogP contribution < -0.4 is 10.1 Å². The molecular formula is C23H37N3O4S. The van der Waals surface area contributed by atoms with Crippen LogP contribution in [0.5, 0.6) is 5.75 Å². The first kappa shape index (κ1) is 24.0. The average molecular weight is 452 g/mol. The fraction of sp³-hybridized carbons (Fsp3) is 0.696. The highest BCUT2D eigenvalue weighted by Gasteiger charge is 2.32. The van der Waals surface area contributed by atoms with Crippen molar-refractivity contribution < 1.29 is 17.9 Å².